The number of rotatable bonds is 8. The minimum atomic E-state index is -0.992. The summed E-state index contributed by atoms with van der Waals surface area (Å²) in [5, 5.41) is 12.2. The minimum absolute atomic E-state index is 0.425. The number of anilines is 1. The number of aryl methyl sites for hydroxylation is 2. The second-order valence-corrected chi connectivity index (χ2v) is 7.54. The molecule has 4 aromatic rings. The molecule has 0 fully saturated rings. The normalized spacial score (nSPS) is 11.3. The van der Waals surface area contributed by atoms with E-state index in [4.69, 9.17) is 15.8 Å². The van der Waals surface area contributed by atoms with Crippen molar-refractivity contribution in [3.63, 3.8) is 0 Å². The fraction of sp³-hybridized carbons (Fsp3) is 0.304. The molecule has 0 aliphatic rings. The quantitative estimate of drug-likeness (QED) is 0.369. The first-order valence-electron chi connectivity index (χ1n) is 10.5. The number of carbonyl (C=O) groups is 1. The predicted molar refractivity (Wildman–Crippen MR) is 122 cm³/mol. The molecule has 0 radical (unpaired) electrons. The van der Waals surface area contributed by atoms with Gasteiger partial charge in [-0.15, -0.1) is 0 Å². The van der Waals surface area contributed by atoms with E-state index in [0.29, 0.717) is 12.4 Å². The Morgan fingerprint density at radius 2 is 2.06 bits per heavy atom. The highest BCUT2D eigenvalue weighted by Crippen LogP contribution is 2.32. The molecule has 0 unspecified atom stereocenters. The number of nitrogen functional groups attached to an aromatic ring is 1. The number of benzene rings is 1. The number of hydrogen-bond acceptors (Lipinski definition) is 5. The van der Waals surface area contributed by atoms with Crippen molar-refractivity contribution < 1.29 is 9.90 Å². The number of amides is 1. The second-order valence-electron chi connectivity index (χ2n) is 7.54. The highest BCUT2D eigenvalue weighted by Gasteiger charge is 2.17. The number of imidazole rings is 1. The van der Waals surface area contributed by atoms with Gasteiger partial charge < -0.3 is 20.7 Å². The summed E-state index contributed by atoms with van der Waals surface area (Å²) in [4.78, 5) is 24.3. The monoisotopic (exact) mass is 418 g/mol. The van der Waals surface area contributed by atoms with Crippen molar-refractivity contribution in [2.45, 2.75) is 39.2 Å². The minimum Gasteiger partial charge on any atom is -0.465 e. The van der Waals surface area contributed by atoms with Crippen molar-refractivity contribution in [3.05, 3.63) is 48.5 Å². The molecule has 0 aliphatic heterocycles. The molecular weight excluding hydrogens is 392 g/mol. The summed E-state index contributed by atoms with van der Waals surface area (Å²) in [5.41, 5.74) is 10.9. The van der Waals surface area contributed by atoms with Crippen molar-refractivity contribution >= 4 is 33.8 Å². The zero-order valence-corrected chi connectivity index (χ0v) is 17.5. The molecule has 4 rings (SSSR count). The average molecular weight is 419 g/mol. The van der Waals surface area contributed by atoms with Gasteiger partial charge in [-0.25, -0.2) is 14.8 Å². The Bertz CT molecular complexity index is 1220. The highest BCUT2D eigenvalue weighted by atomic mass is 16.4. The Kier molecular flexibility index (Phi) is 5.97. The average Bonchev–Trinajstić information content (AvgIpc) is 3.13. The van der Waals surface area contributed by atoms with E-state index in [0.717, 1.165) is 71.1 Å². The first-order valence-corrected chi connectivity index (χ1v) is 10.5. The van der Waals surface area contributed by atoms with Crippen LogP contribution >= 0.6 is 0 Å². The van der Waals surface area contributed by atoms with Crippen LogP contribution in [-0.2, 0) is 13.0 Å². The Hall–Kier alpha value is -3.68. The van der Waals surface area contributed by atoms with E-state index in [1.165, 1.54) is 0 Å². The summed E-state index contributed by atoms with van der Waals surface area (Å²) in [5.74, 6) is 1.41. The molecule has 0 bridgehead atoms. The number of fused-ring (bicyclic) bond motifs is 3. The number of nitrogens with zero attached hydrogens (tertiary/aromatic N) is 4. The Labute approximate surface area is 180 Å². The number of aromatic nitrogens is 4. The Morgan fingerprint density at radius 3 is 2.81 bits per heavy atom. The fourth-order valence-corrected chi connectivity index (χ4v) is 3.92. The van der Waals surface area contributed by atoms with E-state index in [9.17, 15) is 4.79 Å². The van der Waals surface area contributed by atoms with Gasteiger partial charge in [0.05, 0.1) is 11.0 Å². The number of carboxylic acid groups (broad SMARTS) is 1. The number of pyridine rings is 2. The van der Waals surface area contributed by atoms with Crippen molar-refractivity contribution in [2.24, 2.45) is 0 Å². The summed E-state index contributed by atoms with van der Waals surface area (Å²) in [6.45, 7) is 3.31. The van der Waals surface area contributed by atoms with Crippen LogP contribution in [0.4, 0.5) is 10.6 Å². The second kappa shape index (κ2) is 8.99. The van der Waals surface area contributed by atoms with E-state index in [2.05, 4.69) is 38.9 Å². The van der Waals surface area contributed by atoms with Gasteiger partial charge in [0.2, 0.25) is 0 Å². The molecule has 0 spiro atoms. The van der Waals surface area contributed by atoms with Gasteiger partial charge in [0.1, 0.15) is 11.3 Å². The van der Waals surface area contributed by atoms with Crippen LogP contribution < -0.4 is 11.1 Å². The van der Waals surface area contributed by atoms with Crippen molar-refractivity contribution in [2.75, 3.05) is 12.3 Å². The zero-order chi connectivity index (χ0) is 21.8. The Morgan fingerprint density at radius 1 is 1.19 bits per heavy atom. The SMILES string of the molecule is CCCc1nc2c(N)nc3cc(-c4cccnc4)ccc3c2n1CCCCNC(=O)O. The van der Waals surface area contributed by atoms with Crippen LogP contribution in [0.5, 0.6) is 0 Å². The maximum absolute atomic E-state index is 10.7. The van der Waals surface area contributed by atoms with E-state index in [1.807, 2.05) is 24.4 Å². The molecule has 1 aromatic carbocycles. The van der Waals surface area contributed by atoms with E-state index in [-0.39, 0.29) is 0 Å². The number of hydrogen-bond donors (Lipinski definition) is 3. The first-order chi connectivity index (χ1) is 15.1. The van der Waals surface area contributed by atoms with Gasteiger partial charge in [0.25, 0.3) is 0 Å². The van der Waals surface area contributed by atoms with Crippen LogP contribution in [0.1, 0.15) is 32.0 Å². The smallest absolute Gasteiger partial charge is 0.404 e. The lowest BCUT2D eigenvalue weighted by Crippen LogP contribution is -2.22. The van der Waals surface area contributed by atoms with Gasteiger partial charge in [-0.2, -0.15) is 0 Å². The lowest BCUT2D eigenvalue weighted by molar-refractivity contribution is 0.194. The van der Waals surface area contributed by atoms with Gasteiger partial charge in [0.15, 0.2) is 5.82 Å². The molecule has 4 N–H and O–H groups in total. The van der Waals surface area contributed by atoms with Crippen LogP contribution in [0.2, 0.25) is 0 Å². The standard InChI is InChI=1S/C23H26N6O2/c1-2-6-19-28-20-21(29(19)12-4-3-11-26-23(30)31)17-9-8-15(13-18(17)27-22(20)24)16-7-5-10-25-14-16/h5,7-10,13-14,26H,2-4,6,11-12H2,1H3,(H2,24,27)(H,30,31). The maximum atomic E-state index is 10.7. The van der Waals surface area contributed by atoms with Crippen molar-refractivity contribution in [1.29, 1.82) is 0 Å². The molecular formula is C23H26N6O2. The van der Waals surface area contributed by atoms with Crippen LogP contribution in [0.15, 0.2) is 42.7 Å². The zero-order valence-electron chi connectivity index (χ0n) is 17.5. The van der Waals surface area contributed by atoms with Crippen LogP contribution in [-0.4, -0.2) is 37.3 Å². The topological polar surface area (TPSA) is 119 Å². The summed E-state index contributed by atoms with van der Waals surface area (Å²) >= 11 is 0. The molecule has 0 atom stereocenters. The predicted octanol–water partition coefficient (Wildman–Crippen LogP) is 4.23. The van der Waals surface area contributed by atoms with E-state index in [1.54, 1.807) is 6.20 Å². The molecule has 8 nitrogen and oxygen atoms in total. The Balaban J connectivity index is 1.76. The number of unbranched alkanes of at least 4 members (excludes halogenated alkanes) is 1. The lowest BCUT2D eigenvalue weighted by Gasteiger charge is -2.11. The summed E-state index contributed by atoms with van der Waals surface area (Å²) in [7, 11) is 0. The number of nitrogens with one attached hydrogen (secondary N) is 1. The largest absolute Gasteiger partial charge is 0.465 e. The summed E-state index contributed by atoms with van der Waals surface area (Å²) < 4.78 is 2.23. The maximum Gasteiger partial charge on any atom is 0.404 e. The van der Waals surface area contributed by atoms with Gasteiger partial charge in [-0.3, -0.25) is 4.98 Å². The van der Waals surface area contributed by atoms with Crippen LogP contribution in [0.25, 0.3) is 33.1 Å². The van der Waals surface area contributed by atoms with E-state index < -0.39 is 6.09 Å². The third kappa shape index (κ3) is 4.28. The third-order valence-corrected chi connectivity index (χ3v) is 5.34. The fourth-order valence-electron chi connectivity index (χ4n) is 3.92. The molecule has 3 heterocycles. The van der Waals surface area contributed by atoms with Crippen molar-refractivity contribution in [3.8, 4) is 11.1 Å². The molecule has 8 heteroatoms. The summed E-state index contributed by atoms with van der Waals surface area (Å²) in [6, 6.07) is 10.1. The summed E-state index contributed by atoms with van der Waals surface area (Å²) in [6.07, 6.45) is 5.99. The third-order valence-electron chi connectivity index (χ3n) is 5.34. The van der Waals surface area contributed by atoms with Crippen LogP contribution in [0.3, 0.4) is 0 Å². The van der Waals surface area contributed by atoms with Crippen LogP contribution in [0, 0.1) is 0 Å². The van der Waals surface area contributed by atoms with Crippen molar-refractivity contribution in [1.82, 2.24) is 24.8 Å². The molecule has 0 saturated carbocycles. The molecule has 0 saturated heterocycles. The molecule has 1 amide bonds. The molecule has 0 aliphatic carbocycles. The van der Waals surface area contributed by atoms with E-state index >= 15 is 0 Å². The van der Waals surface area contributed by atoms with Gasteiger partial charge in [-0.1, -0.05) is 25.1 Å². The van der Waals surface area contributed by atoms with Gasteiger partial charge >= 0.3 is 6.09 Å². The molecule has 31 heavy (non-hydrogen) atoms. The first kappa shape index (κ1) is 20.6. The van der Waals surface area contributed by atoms with Gasteiger partial charge in [0, 0.05) is 42.9 Å². The lowest BCUT2D eigenvalue weighted by atomic mass is 10.0. The number of nitrogens with two attached hydrogens (primary N) is 1. The highest BCUT2D eigenvalue weighted by molar-refractivity contribution is 6.07. The van der Waals surface area contributed by atoms with Gasteiger partial charge in [-0.05, 0) is 37.0 Å². The molecule has 3 aromatic heterocycles. The molecule has 160 valence electrons.